The molecule has 0 spiro atoms. The minimum atomic E-state index is 0.969. The molecule has 0 N–H and O–H groups in total. The first-order valence-electron chi connectivity index (χ1n) is 11.4. The van der Waals surface area contributed by atoms with Crippen LogP contribution in [0.1, 0.15) is 16.7 Å². The Kier molecular flexibility index (Phi) is 4.38. The maximum Gasteiger partial charge on any atom is 0.216 e. The van der Waals surface area contributed by atoms with Crippen molar-refractivity contribution in [1.82, 2.24) is 0 Å². The van der Waals surface area contributed by atoms with Gasteiger partial charge in [0.05, 0.1) is 5.56 Å². The molecule has 0 aliphatic rings. The first kappa shape index (κ1) is 19.8. The van der Waals surface area contributed by atoms with Crippen molar-refractivity contribution >= 4 is 32.7 Å². The fraction of sp³-hybridized carbons (Fsp3) is 0.129. The SMILES string of the molecule is Cc1c[n+](C)c(-c2c(C)cc(C)c3c2oc2c4ccccc4ccc23)cc1-c1ccccc1. The Morgan fingerprint density at radius 3 is 2.24 bits per heavy atom. The van der Waals surface area contributed by atoms with Gasteiger partial charge in [0.15, 0.2) is 6.20 Å². The molecule has 0 saturated heterocycles. The van der Waals surface area contributed by atoms with Gasteiger partial charge in [0.1, 0.15) is 18.2 Å². The fourth-order valence-electron chi connectivity index (χ4n) is 5.32. The van der Waals surface area contributed by atoms with Gasteiger partial charge in [0, 0.05) is 27.8 Å². The molecular formula is C31H26NO+. The zero-order valence-corrected chi connectivity index (χ0v) is 19.4. The molecule has 6 rings (SSSR count). The first-order chi connectivity index (χ1) is 16.0. The van der Waals surface area contributed by atoms with Crippen LogP contribution in [-0.4, -0.2) is 0 Å². The maximum atomic E-state index is 6.73. The van der Waals surface area contributed by atoms with E-state index in [1.807, 2.05) is 0 Å². The van der Waals surface area contributed by atoms with Crippen LogP contribution in [0.5, 0.6) is 0 Å². The quantitative estimate of drug-likeness (QED) is 0.257. The highest BCUT2D eigenvalue weighted by Gasteiger charge is 2.24. The number of aryl methyl sites for hydroxylation is 4. The van der Waals surface area contributed by atoms with E-state index in [1.165, 1.54) is 44.0 Å². The summed E-state index contributed by atoms with van der Waals surface area (Å²) in [5.74, 6) is 0. The zero-order chi connectivity index (χ0) is 22.7. The first-order valence-corrected chi connectivity index (χ1v) is 11.4. The summed E-state index contributed by atoms with van der Waals surface area (Å²) in [6.07, 6.45) is 2.22. The topological polar surface area (TPSA) is 17.0 Å². The fourth-order valence-corrected chi connectivity index (χ4v) is 5.32. The number of pyridine rings is 1. The molecule has 2 heterocycles. The van der Waals surface area contributed by atoms with Crippen LogP contribution in [0.3, 0.4) is 0 Å². The van der Waals surface area contributed by atoms with Crippen LogP contribution in [0, 0.1) is 20.8 Å². The molecule has 0 unspecified atom stereocenters. The van der Waals surface area contributed by atoms with Crippen LogP contribution in [0.25, 0.3) is 55.1 Å². The van der Waals surface area contributed by atoms with Gasteiger partial charge in [-0.1, -0.05) is 66.7 Å². The molecule has 33 heavy (non-hydrogen) atoms. The van der Waals surface area contributed by atoms with Gasteiger partial charge in [0.2, 0.25) is 5.69 Å². The van der Waals surface area contributed by atoms with E-state index in [0.717, 1.165) is 27.8 Å². The molecule has 2 aromatic heterocycles. The molecule has 2 nitrogen and oxygen atoms in total. The lowest BCUT2D eigenvalue weighted by atomic mass is 9.94. The molecular weight excluding hydrogens is 402 g/mol. The van der Waals surface area contributed by atoms with Crippen molar-refractivity contribution in [1.29, 1.82) is 0 Å². The molecule has 0 saturated carbocycles. The van der Waals surface area contributed by atoms with Crippen LogP contribution >= 0.6 is 0 Å². The van der Waals surface area contributed by atoms with Crippen molar-refractivity contribution in [2.45, 2.75) is 20.8 Å². The smallest absolute Gasteiger partial charge is 0.216 e. The van der Waals surface area contributed by atoms with E-state index in [-0.39, 0.29) is 0 Å². The van der Waals surface area contributed by atoms with Crippen LogP contribution in [-0.2, 0) is 7.05 Å². The molecule has 0 aliphatic heterocycles. The van der Waals surface area contributed by atoms with E-state index < -0.39 is 0 Å². The standard InChI is InChI=1S/C31H26NO/c1-19-16-20(2)29(27-17-26(21(3)18-32(27)4)22-10-6-5-7-11-22)31-28(19)25-15-14-23-12-8-9-13-24(23)30(25)33-31/h5-18H,1-4H3/q+1. The second-order valence-electron chi connectivity index (χ2n) is 9.09. The summed E-state index contributed by atoms with van der Waals surface area (Å²) in [7, 11) is 2.13. The zero-order valence-electron chi connectivity index (χ0n) is 19.4. The van der Waals surface area contributed by atoms with Gasteiger partial charge in [-0.05, 0) is 54.5 Å². The summed E-state index contributed by atoms with van der Waals surface area (Å²) in [6, 6.07) is 28.1. The molecule has 160 valence electrons. The highest BCUT2D eigenvalue weighted by atomic mass is 16.3. The van der Waals surface area contributed by atoms with E-state index in [0.29, 0.717) is 0 Å². The number of nitrogens with zero attached hydrogens (tertiary/aromatic N) is 1. The van der Waals surface area contributed by atoms with Crippen LogP contribution in [0.4, 0.5) is 0 Å². The molecule has 6 aromatic rings. The van der Waals surface area contributed by atoms with Crippen LogP contribution < -0.4 is 4.57 Å². The number of hydrogen-bond acceptors (Lipinski definition) is 1. The monoisotopic (exact) mass is 428 g/mol. The Morgan fingerprint density at radius 1 is 0.667 bits per heavy atom. The minimum absolute atomic E-state index is 0.969. The third-order valence-corrected chi connectivity index (χ3v) is 6.84. The van der Waals surface area contributed by atoms with Crippen molar-refractivity contribution in [2.75, 3.05) is 0 Å². The van der Waals surface area contributed by atoms with Gasteiger partial charge < -0.3 is 4.42 Å². The number of aromatic nitrogens is 1. The second-order valence-corrected chi connectivity index (χ2v) is 9.09. The van der Waals surface area contributed by atoms with E-state index in [9.17, 15) is 0 Å². The van der Waals surface area contributed by atoms with Crippen LogP contribution in [0.2, 0.25) is 0 Å². The molecule has 0 radical (unpaired) electrons. The predicted molar refractivity (Wildman–Crippen MR) is 137 cm³/mol. The van der Waals surface area contributed by atoms with Crippen molar-refractivity contribution in [3.63, 3.8) is 0 Å². The van der Waals surface area contributed by atoms with Gasteiger partial charge in [-0.15, -0.1) is 0 Å². The largest absolute Gasteiger partial charge is 0.454 e. The Labute approximate surface area is 193 Å². The van der Waals surface area contributed by atoms with Crippen molar-refractivity contribution in [3.8, 4) is 22.4 Å². The normalized spacial score (nSPS) is 11.6. The molecule has 2 heteroatoms. The highest BCUT2D eigenvalue weighted by Crippen LogP contribution is 2.42. The third-order valence-electron chi connectivity index (χ3n) is 6.84. The molecule has 0 amide bonds. The molecule has 0 atom stereocenters. The number of rotatable bonds is 2. The van der Waals surface area contributed by atoms with Gasteiger partial charge >= 0.3 is 0 Å². The Morgan fingerprint density at radius 2 is 1.42 bits per heavy atom. The van der Waals surface area contributed by atoms with E-state index >= 15 is 0 Å². The Hall–Kier alpha value is -3.91. The lowest BCUT2D eigenvalue weighted by Gasteiger charge is -2.11. The summed E-state index contributed by atoms with van der Waals surface area (Å²) >= 11 is 0. The van der Waals surface area contributed by atoms with E-state index in [2.05, 4.69) is 117 Å². The summed E-state index contributed by atoms with van der Waals surface area (Å²) in [5, 5.41) is 4.75. The van der Waals surface area contributed by atoms with E-state index in [1.54, 1.807) is 0 Å². The lowest BCUT2D eigenvalue weighted by molar-refractivity contribution is -0.660. The number of benzene rings is 4. The number of furan rings is 1. The summed E-state index contributed by atoms with van der Waals surface area (Å²) < 4.78 is 8.96. The summed E-state index contributed by atoms with van der Waals surface area (Å²) in [4.78, 5) is 0. The van der Waals surface area contributed by atoms with Crippen molar-refractivity contribution in [2.24, 2.45) is 7.05 Å². The Bertz CT molecular complexity index is 1690. The number of fused-ring (bicyclic) bond motifs is 5. The van der Waals surface area contributed by atoms with E-state index in [4.69, 9.17) is 4.42 Å². The molecule has 0 bridgehead atoms. The van der Waals surface area contributed by atoms with Gasteiger partial charge in [-0.25, -0.2) is 4.57 Å². The predicted octanol–water partition coefficient (Wildman–Crippen LogP) is 7.82. The summed E-state index contributed by atoms with van der Waals surface area (Å²) in [6.45, 7) is 6.56. The van der Waals surface area contributed by atoms with Crippen LogP contribution in [0.15, 0.2) is 89.5 Å². The lowest BCUT2D eigenvalue weighted by Crippen LogP contribution is -2.31. The third kappa shape index (κ3) is 2.98. The van der Waals surface area contributed by atoms with Gasteiger partial charge in [-0.3, -0.25) is 0 Å². The molecule has 4 aromatic carbocycles. The molecule has 0 fully saturated rings. The maximum absolute atomic E-state index is 6.73. The second kappa shape index (κ2) is 7.31. The molecule has 0 aliphatic carbocycles. The van der Waals surface area contributed by atoms with Crippen molar-refractivity contribution in [3.05, 3.63) is 102 Å². The van der Waals surface area contributed by atoms with Gasteiger partial charge in [-0.2, -0.15) is 0 Å². The van der Waals surface area contributed by atoms with Gasteiger partial charge in [0.25, 0.3) is 0 Å². The minimum Gasteiger partial charge on any atom is -0.454 e. The average Bonchev–Trinajstić information content (AvgIpc) is 3.21. The van der Waals surface area contributed by atoms with Crippen molar-refractivity contribution < 1.29 is 8.98 Å². The average molecular weight is 429 g/mol. The number of hydrogen-bond donors (Lipinski definition) is 0. The Balaban J connectivity index is 1.73. The summed E-state index contributed by atoms with van der Waals surface area (Å²) in [5.41, 5.74) is 10.5. The highest BCUT2D eigenvalue weighted by molar-refractivity contribution is 6.18.